The molecule has 1 N–H and O–H groups in total. The first-order valence-corrected chi connectivity index (χ1v) is 7.12. The highest BCUT2D eigenvalue weighted by Crippen LogP contribution is 2.42. The fourth-order valence-corrected chi connectivity index (χ4v) is 2.87. The minimum atomic E-state index is -0.374. The topological polar surface area (TPSA) is 52.5 Å². The first-order chi connectivity index (χ1) is 9.55. The maximum Gasteiger partial charge on any atom is 0.127 e. The second-order valence-corrected chi connectivity index (χ2v) is 5.92. The molecule has 1 saturated carbocycles. The van der Waals surface area contributed by atoms with Gasteiger partial charge in [0, 0.05) is 11.3 Å². The zero-order valence-electron chi connectivity index (χ0n) is 12.2. The number of hydrogen-bond acceptors (Lipinski definition) is 2. The molecule has 1 aromatic heterocycles. The molecule has 0 radical (unpaired) electrons. The minimum absolute atomic E-state index is 0.374. The second-order valence-electron chi connectivity index (χ2n) is 5.92. The molecular weight excluding hydrogens is 246 g/mol. The van der Waals surface area contributed by atoms with Crippen LogP contribution in [-0.4, -0.2) is 9.97 Å². The normalized spacial score (nSPS) is 16.5. The van der Waals surface area contributed by atoms with Gasteiger partial charge >= 0.3 is 0 Å². The maximum atomic E-state index is 9.45. The molecule has 3 nitrogen and oxygen atoms in total. The standard InChI is InChI=1S/C17H19N3/c1-11-5-6-12(2)14(9-11)15-13(3)19-16(20-15)17(10-18)7-4-8-17/h5-6,9H,4,7-8H2,1-3H3,(H,19,20). The number of nitrogens with zero attached hydrogens (tertiary/aromatic N) is 2. The van der Waals surface area contributed by atoms with Crippen molar-refractivity contribution in [2.24, 2.45) is 0 Å². The number of imidazole rings is 1. The van der Waals surface area contributed by atoms with Crippen LogP contribution < -0.4 is 0 Å². The number of rotatable bonds is 2. The summed E-state index contributed by atoms with van der Waals surface area (Å²) in [6.07, 6.45) is 2.96. The van der Waals surface area contributed by atoms with Crippen LogP contribution in [0.3, 0.4) is 0 Å². The quantitative estimate of drug-likeness (QED) is 0.894. The number of nitriles is 1. The van der Waals surface area contributed by atoms with Crippen molar-refractivity contribution in [2.75, 3.05) is 0 Å². The van der Waals surface area contributed by atoms with Crippen molar-refractivity contribution in [1.29, 1.82) is 5.26 Å². The first-order valence-electron chi connectivity index (χ1n) is 7.12. The summed E-state index contributed by atoms with van der Waals surface area (Å²) >= 11 is 0. The highest BCUT2D eigenvalue weighted by Gasteiger charge is 2.42. The molecule has 0 bridgehead atoms. The van der Waals surface area contributed by atoms with Crippen molar-refractivity contribution in [2.45, 2.75) is 45.4 Å². The van der Waals surface area contributed by atoms with Crippen molar-refractivity contribution in [3.05, 3.63) is 40.8 Å². The number of nitrogens with one attached hydrogen (secondary N) is 1. The lowest BCUT2D eigenvalue weighted by Crippen LogP contribution is -2.33. The summed E-state index contributed by atoms with van der Waals surface area (Å²) in [6.45, 7) is 6.23. The van der Waals surface area contributed by atoms with Crippen LogP contribution in [0, 0.1) is 32.1 Å². The van der Waals surface area contributed by atoms with Gasteiger partial charge in [0.25, 0.3) is 0 Å². The summed E-state index contributed by atoms with van der Waals surface area (Å²) in [5, 5.41) is 9.45. The molecule has 0 spiro atoms. The second kappa shape index (κ2) is 4.49. The third-order valence-corrected chi connectivity index (χ3v) is 4.41. The molecule has 1 aromatic carbocycles. The largest absolute Gasteiger partial charge is 0.344 e. The molecule has 0 aliphatic heterocycles. The Bertz CT molecular complexity index is 700. The SMILES string of the molecule is Cc1ccc(C)c(-c2nc(C3(C#N)CCC3)[nH]c2C)c1. The van der Waals surface area contributed by atoms with E-state index in [-0.39, 0.29) is 5.41 Å². The van der Waals surface area contributed by atoms with Gasteiger partial charge in [-0.2, -0.15) is 5.26 Å². The van der Waals surface area contributed by atoms with E-state index in [0.717, 1.165) is 42.0 Å². The van der Waals surface area contributed by atoms with Crippen LogP contribution >= 0.6 is 0 Å². The minimum Gasteiger partial charge on any atom is -0.344 e. The van der Waals surface area contributed by atoms with Crippen LogP contribution in [0.15, 0.2) is 18.2 Å². The molecule has 3 heteroatoms. The molecule has 102 valence electrons. The molecule has 20 heavy (non-hydrogen) atoms. The molecular formula is C17H19N3. The molecule has 0 saturated heterocycles. The fourth-order valence-electron chi connectivity index (χ4n) is 2.87. The molecule has 0 unspecified atom stereocenters. The molecule has 3 rings (SSSR count). The van der Waals surface area contributed by atoms with Crippen LogP contribution in [-0.2, 0) is 5.41 Å². The molecule has 0 atom stereocenters. The Balaban J connectivity index is 2.10. The van der Waals surface area contributed by atoms with E-state index in [1.54, 1.807) is 0 Å². The zero-order chi connectivity index (χ0) is 14.3. The number of H-pyrrole nitrogens is 1. The molecule has 2 aromatic rings. The van der Waals surface area contributed by atoms with E-state index in [1.807, 2.05) is 6.92 Å². The van der Waals surface area contributed by atoms with E-state index in [1.165, 1.54) is 11.1 Å². The first kappa shape index (κ1) is 12.9. The van der Waals surface area contributed by atoms with Gasteiger partial charge in [0.1, 0.15) is 11.2 Å². The van der Waals surface area contributed by atoms with Gasteiger partial charge in [0.05, 0.1) is 11.8 Å². The van der Waals surface area contributed by atoms with E-state index in [2.05, 4.69) is 43.1 Å². The highest BCUT2D eigenvalue weighted by atomic mass is 15.0. The van der Waals surface area contributed by atoms with Crippen molar-refractivity contribution in [3.8, 4) is 17.3 Å². The van der Waals surface area contributed by atoms with Crippen LogP contribution in [0.5, 0.6) is 0 Å². The molecule has 1 aliphatic rings. The van der Waals surface area contributed by atoms with Crippen LogP contribution in [0.1, 0.15) is 41.9 Å². The predicted octanol–water partition coefficient (Wildman–Crippen LogP) is 3.95. The van der Waals surface area contributed by atoms with Crippen molar-refractivity contribution in [3.63, 3.8) is 0 Å². The van der Waals surface area contributed by atoms with Gasteiger partial charge in [-0.25, -0.2) is 4.98 Å². The van der Waals surface area contributed by atoms with Gasteiger partial charge in [0.2, 0.25) is 0 Å². The Morgan fingerprint density at radius 1 is 1.25 bits per heavy atom. The monoisotopic (exact) mass is 265 g/mol. The van der Waals surface area contributed by atoms with Gasteiger partial charge in [-0.1, -0.05) is 17.7 Å². The van der Waals surface area contributed by atoms with Crippen molar-refractivity contribution < 1.29 is 0 Å². The summed E-state index contributed by atoms with van der Waals surface area (Å²) in [5.41, 5.74) is 5.28. The van der Waals surface area contributed by atoms with Crippen molar-refractivity contribution in [1.82, 2.24) is 9.97 Å². The number of aryl methyl sites for hydroxylation is 3. The van der Waals surface area contributed by atoms with Gasteiger partial charge in [0.15, 0.2) is 0 Å². The molecule has 1 aliphatic carbocycles. The lowest BCUT2D eigenvalue weighted by Gasteiger charge is -2.32. The Morgan fingerprint density at radius 3 is 2.60 bits per heavy atom. The van der Waals surface area contributed by atoms with Crippen LogP contribution in [0.2, 0.25) is 0 Å². The Labute approximate surface area is 119 Å². The zero-order valence-corrected chi connectivity index (χ0v) is 12.2. The fraction of sp³-hybridized carbons (Fsp3) is 0.412. The number of hydrogen-bond donors (Lipinski definition) is 1. The summed E-state index contributed by atoms with van der Waals surface area (Å²) < 4.78 is 0. The summed E-state index contributed by atoms with van der Waals surface area (Å²) in [4.78, 5) is 8.12. The average molecular weight is 265 g/mol. The smallest absolute Gasteiger partial charge is 0.127 e. The highest BCUT2D eigenvalue weighted by molar-refractivity contribution is 5.67. The van der Waals surface area contributed by atoms with E-state index in [9.17, 15) is 5.26 Å². The van der Waals surface area contributed by atoms with E-state index in [4.69, 9.17) is 4.98 Å². The molecule has 1 fully saturated rings. The van der Waals surface area contributed by atoms with Gasteiger partial charge < -0.3 is 4.98 Å². The summed E-state index contributed by atoms with van der Waals surface area (Å²) in [5.74, 6) is 0.847. The van der Waals surface area contributed by atoms with Crippen LogP contribution in [0.4, 0.5) is 0 Å². The van der Waals surface area contributed by atoms with Gasteiger partial charge in [-0.3, -0.25) is 0 Å². The Morgan fingerprint density at radius 2 is 2.00 bits per heavy atom. The Kier molecular flexibility index (Phi) is 2.90. The lowest BCUT2D eigenvalue weighted by atomic mass is 9.69. The molecule has 1 heterocycles. The van der Waals surface area contributed by atoms with Gasteiger partial charge in [-0.15, -0.1) is 0 Å². The van der Waals surface area contributed by atoms with Crippen molar-refractivity contribution >= 4 is 0 Å². The van der Waals surface area contributed by atoms with Gasteiger partial charge in [-0.05, 0) is 51.7 Å². The third kappa shape index (κ3) is 1.84. The van der Waals surface area contributed by atoms with E-state index < -0.39 is 0 Å². The third-order valence-electron chi connectivity index (χ3n) is 4.41. The predicted molar refractivity (Wildman–Crippen MR) is 79.4 cm³/mol. The molecule has 0 amide bonds. The Hall–Kier alpha value is -2.08. The van der Waals surface area contributed by atoms with E-state index >= 15 is 0 Å². The van der Waals surface area contributed by atoms with Crippen LogP contribution in [0.25, 0.3) is 11.3 Å². The maximum absolute atomic E-state index is 9.45. The number of aromatic amines is 1. The number of aromatic nitrogens is 2. The average Bonchev–Trinajstić information content (AvgIpc) is 2.74. The number of benzene rings is 1. The van der Waals surface area contributed by atoms with E-state index in [0.29, 0.717) is 0 Å². The summed E-state index contributed by atoms with van der Waals surface area (Å²) in [6, 6.07) is 8.87. The lowest BCUT2D eigenvalue weighted by molar-refractivity contribution is 0.309. The summed E-state index contributed by atoms with van der Waals surface area (Å²) in [7, 11) is 0.